The third kappa shape index (κ3) is 5.54. The van der Waals surface area contributed by atoms with Crippen LogP contribution < -0.4 is 10.1 Å². The summed E-state index contributed by atoms with van der Waals surface area (Å²) in [5.74, 6) is 0.581. The number of halogens is 3. The van der Waals surface area contributed by atoms with Crippen molar-refractivity contribution in [2.75, 3.05) is 18.5 Å². The normalized spacial score (nSPS) is 12.0. The summed E-state index contributed by atoms with van der Waals surface area (Å²) in [5, 5.41) is 14.0. The van der Waals surface area contributed by atoms with Crippen molar-refractivity contribution in [2.45, 2.75) is 6.10 Å². The zero-order valence-electron chi connectivity index (χ0n) is 11.0. The highest BCUT2D eigenvalue weighted by molar-refractivity contribution is 14.1. The van der Waals surface area contributed by atoms with Crippen LogP contribution in [-0.2, 0) is 0 Å². The third-order valence-corrected chi connectivity index (χ3v) is 4.11. The molecule has 0 aliphatic carbocycles. The van der Waals surface area contributed by atoms with Crippen LogP contribution in [0.4, 0.5) is 5.69 Å². The summed E-state index contributed by atoms with van der Waals surface area (Å²) < 4.78 is 6.62. The molecule has 1 unspecified atom stereocenters. The molecule has 0 spiro atoms. The van der Waals surface area contributed by atoms with E-state index in [2.05, 4.69) is 27.9 Å². The second-order valence-corrected chi connectivity index (χ2v) is 6.49. The second kappa shape index (κ2) is 8.08. The molecule has 21 heavy (non-hydrogen) atoms. The number of anilines is 1. The standard InChI is InChI=1S/C15H14Cl2INO2/c16-14-5-4-13(7-15(14)17)21-9-12(20)8-19-11-3-1-2-10(18)6-11/h1-7,12,19-20H,8-9H2. The smallest absolute Gasteiger partial charge is 0.121 e. The quantitative estimate of drug-likeness (QED) is 0.656. The van der Waals surface area contributed by atoms with Crippen LogP contribution in [0.15, 0.2) is 42.5 Å². The molecule has 112 valence electrons. The molecular weight excluding hydrogens is 424 g/mol. The van der Waals surface area contributed by atoms with Gasteiger partial charge in [-0.1, -0.05) is 29.3 Å². The van der Waals surface area contributed by atoms with E-state index in [1.807, 2.05) is 24.3 Å². The molecular formula is C15H14Cl2INO2. The van der Waals surface area contributed by atoms with Crippen LogP contribution in [0.1, 0.15) is 0 Å². The first kappa shape index (κ1) is 16.7. The number of benzene rings is 2. The van der Waals surface area contributed by atoms with Gasteiger partial charge in [0.25, 0.3) is 0 Å². The van der Waals surface area contributed by atoms with Crippen LogP contribution in [0, 0.1) is 3.57 Å². The summed E-state index contributed by atoms with van der Waals surface area (Å²) in [5.41, 5.74) is 0.968. The molecule has 3 nitrogen and oxygen atoms in total. The average Bonchev–Trinajstić information content (AvgIpc) is 2.46. The molecule has 0 fully saturated rings. The minimum absolute atomic E-state index is 0.175. The van der Waals surface area contributed by atoms with E-state index in [1.165, 1.54) is 0 Å². The summed E-state index contributed by atoms with van der Waals surface area (Å²) in [6.45, 7) is 0.580. The SMILES string of the molecule is OC(CNc1cccc(I)c1)COc1ccc(Cl)c(Cl)c1. The van der Waals surface area contributed by atoms with Crippen LogP contribution in [0.2, 0.25) is 10.0 Å². The lowest BCUT2D eigenvalue weighted by atomic mass is 10.3. The largest absolute Gasteiger partial charge is 0.491 e. The molecule has 0 bridgehead atoms. The van der Waals surface area contributed by atoms with Crippen LogP contribution >= 0.6 is 45.8 Å². The van der Waals surface area contributed by atoms with E-state index in [1.54, 1.807) is 18.2 Å². The van der Waals surface area contributed by atoms with E-state index in [-0.39, 0.29) is 6.61 Å². The maximum atomic E-state index is 9.92. The number of aliphatic hydroxyl groups is 1. The van der Waals surface area contributed by atoms with Gasteiger partial charge in [0.05, 0.1) is 10.0 Å². The molecule has 0 amide bonds. The molecule has 0 aliphatic heterocycles. The monoisotopic (exact) mass is 437 g/mol. The number of hydrogen-bond acceptors (Lipinski definition) is 3. The highest BCUT2D eigenvalue weighted by Crippen LogP contribution is 2.26. The van der Waals surface area contributed by atoms with Crippen LogP contribution in [-0.4, -0.2) is 24.4 Å². The van der Waals surface area contributed by atoms with Crippen LogP contribution in [0.3, 0.4) is 0 Å². The third-order valence-electron chi connectivity index (χ3n) is 2.70. The van der Waals surface area contributed by atoms with Crippen molar-refractivity contribution in [3.8, 4) is 5.75 Å². The highest BCUT2D eigenvalue weighted by atomic mass is 127. The second-order valence-electron chi connectivity index (χ2n) is 4.43. The van der Waals surface area contributed by atoms with Crippen molar-refractivity contribution >= 4 is 51.5 Å². The van der Waals surface area contributed by atoms with Gasteiger partial charge < -0.3 is 15.2 Å². The summed E-state index contributed by atoms with van der Waals surface area (Å²) in [7, 11) is 0. The molecule has 0 saturated carbocycles. The van der Waals surface area contributed by atoms with Gasteiger partial charge in [-0.05, 0) is 52.9 Å². The molecule has 1 atom stereocenters. The van der Waals surface area contributed by atoms with Gasteiger partial charge in [-0.2, -0.15) is 0 Å². The van der Waals surface area contributed by atoms with Crippen molar-refractivity contribution in [1.82, 2.24) is 0 Å². The topological polar surface area (TPSA) is 41.5 Å². The van der Waals surface area contributed by atoms with E-state index in [9.17, 15) is 5.11 Å². The molecule has 0 saturated heterocycles. The number of ether oxygens (including phenoxy) is 1. The van der Waals surface area contributed by atoms with Gasteiger partial charge >= 0.3 is 0 Å². The Balaban J connectivity index is 1.79. The molecule has 0 heterocycles. The predicted octanol–water partition coefficient (Wildman–Crippen LogP) is 4.45. The number of aliphatic hydroxyl groups excluding tert-OH is 1. The first-order valence-electron chi connectivity index (χ1n) is 6.30. The van der Waals surface area contributed by atoms with Crippen molar-refractivity contribution in [3.63, 3.8) is 0 Å². The highest BCUT2D eigenvalue weighted by Gasteiger charge is 2.07. The van der Waals surface area contributed by atoms with Gasteiger partial charge in [-0.25, -0.2) is 0 Å². The lowest BCUT2D eigenvalue weighted by Crippen LogP contribution is -2.26. The van der Waals surface area contributed by atoms with Crippen molar-refractivity contribution in [1.29, 1.82) is 0 Å². The Hall–Kier alpha value is -0.690. The minimum Gasteiger partial charge on any atom is -0.491 e. The van der Waals surface area contributed by atoms with Crippen LogP contribution in [0.5, 0.6) is 5.75 Å². The van der Waals surface area contributed by atoms with Gasteiger partial charge in [0.2, 0.25) is 0 Å². The fourth-order valence-corrected chi connectivity index (χ4v) is 2.48. The summed E-state index contributed by atoms with van der Waals surface area (Å²) >= 11 is 14.0. The fraction of sp³-hybridized carbons (Fsp3) is 0.200. The van der Waals surface area contributed by atoms with Gasteiger partial charge in [0, 0.05) is 21.9 Å². The number of hydrogen-bond donors (Lipinski definition) is 2. The van der Waals surface area contributed by atoms with Gasteiger partial charge in [0.15, 0.2) is 0 Å². The Bertz CT molecular complexity index is 610. The van der Waals surface area contributed by atoms with Crippen molar-refractivity contribution in [2.24, 2.45) is 0 Å². The number of nitrogens with one attached hydrogen (secondary N) is 1. The lowest BCUT2D eigenvalue weighted by molar-refractivity contribution is 0.117. The van der Waals surface area contributed by atoms with E-state index in [0.717, 1.165) is 9.26 Å². The maximum absolute atomic E-state index is 9.92. The van der Waals surface area contributed by atoms with E-state index < -0.39 is 6.10 Å². The van der Waals surface area contributed by atoms with Gasteiger partial charge in [-0.15, -0.1) is 0 Å². The molecule has 0 radical (unpaired) electrons. The first-order valence-corrected chi connectivity index (χ1v) is 8.13. The molecule has 2 N–H and O–H groups in total. The minimum atomic E-state index is -0.627. The maximum Gasteiger partial charge on any atom is 0.121 e. The average molecular weight is 438 g/mol. The Kier molecular flexibility index (Phi) is 6.41. The molecule has 0 aromatic heterocycles. The Labute approximate surface area is 147 Å². The molecule has 2 aromatic carbocycles. The summed E-state index contributed by atoms with van der Waals surface area (Å²) in [6.07, 6.45) is -0.627. The molecule has 2 aromatic rings. The first-order chi connectivity index (χ1) is 10.0. The Morgan fingerprint density at radius 3 is 2.67 bits per heavy atom. The molecule has 2 rings (SSSR count). The predicted molar refractivity (Wildman–Crippen MR) is 95.6 cm³/mol. The van der Waals surface area contributed by atoms with Crippen molar-refractivity contribution < 1.29 is 9.84 Å². The zero-order valence-corrected chi connectivity index (χ0v) is 14.7. The van der Waals surface area contributed by atoms with E-state index in [0.29, 0.717) is 22.3 Å². The molecule has 6 heteroatoms. The van der Waals surface area contributed by atoms with E-state index in [4.69, 9.17) is 27.9 Å². The Morgan fingerprint density at radius 1 is 1.14 bits per heavy atom. The molecule has 0 aliphatic rings. The van der Waals surface area contributed by atoms with Crippen molar-refractivity contribution in [3.05, 3.63) is 56.1 Å². The zero-order chi connectivity index (χ0) is 15.2. The summed E-state index contributed by atoms with van der Waals surface area (Å²) in [4.78, 5) is 0. The Morgan fingerprint density at radius 2 is 1.95 bits per heavy atom. The van der Waals surface area contributed by atoms with Gasteiger partial charge in [0.1, 0.15) is 18.5 Å². The van der Waals surface area contributed by atoms with Gasteiger partial charge in [-0.3, -0.25) is 0 Å². The van der Waals surface area contributed by atoms with Crippen LogP contribution in [0.25, 0.3) is 0 Å². The fourth-order valence-electron chi connectivity index (χ4n) is 1.65. The number of rotatable bonds is 6. The lowest BCUT2D eigenvalue weighted by Gasteiger charge is -2.14. The summed E-state index contributed by atoms with van der Waals surface area (Å²) in [6, 6.07) is 12.9. The van der Waals surface area contributed by atoms with E-state index >= 15 is 0 Å².